The van der Waals surface area contributed by atoms with Gasteiger partial charge in [-0.3, -0.25) is 4.99 Å². The van der Waals surface area contributed by atoms with E-state index in [9.17, 15) is 0 Å². The first-order chi connectivity index (χ1) is 10.3. The van der Waals surface area contributed by atoms with Gasteiger partial charge in [-0.1, -0.05) is 0 Å². The van der Waals surface area contributed by atoms with E-state index in [-0.39, 0.29) is 22.2 Å². The van der Waals surface area contributed by atoms with Crippen molar-refractivity contribution >= 4 is 6.34 Å². The molecular formula is C19H38N4. The number of nitrogens with one attached hydrogen (secondary N) is 3. The molecule has 0 atom stereocenters. The summed E-state index contributed by atoms with van der Waals surface area (Å²) in [5.41, 5.74) is 0.656. The normalized spacial score (nSPS) is 30.4. The maximum atomic E-state index is 4.87. The van der Waals surface area contributed by atoms with Crippen LogP contribution in [-0.4, -0.2) is 40.6 Å². The highest BCUT2D eigenvalue weighted by molar-refractivity contribution is 5.55. The van der Waals surface area contributed by atoms with E-state index in [4.69, 9.17) is 4.99 Å². The third-order valence-electron chi connectivity index (χ3n) is 4.95. The van der Waals surface area contributed by atoms with Crippen LogP contribution in [-0.2, 0) is 0 Å². The first kappa shape index (κ1) is 18.7. The molecule has 0 unspecified atom stereocenters. The molecule has 2 rings (SSSR count). The van der Waals surface area contributed by atoms with Crippen LogP contribution in [0.2, 0.25) is 0 Å². The average Bonchev–Trinajstić information content (AvgIpc) is 2.19. The van der Waals surface area contributed by atoms with Crippen LogP contribution in [0.15, 0.2) is 4.99 Å². The van der Waals surface area contributed by atoms with Crippen molar-refractivity contribution < 1.29 is 0 Å². The molecule has 4 heteroatoms. The van der Waals surface area contributed by atoms with E-state index in [1.165, 1.54) is 0 Å². The Labute approximate surface area is 143 Å². The Balaban J connectivity index is 1.93. The summed E-state index contributed by atoms with van der Waals surface area (Å²) in [6, 6.07) is 0.893. The monoisotopic (exact) mass is 322 g/mol. The van der Waals surface area contributed by atoms with Gasteiger partial charge in [0.15, 0.2) is 0 Å². The molecule has 3 N–H and O–H groups in total. The number of hydrogen-bond acceptors (Lipinski definition) is 3. The molecule has 0 amide bonds. The van der Waals surface area contributed by atoms with E-state index in [0.717, 1.165) is 25.7 Å². The Bertz CT molecular complexity index is 416. The lowest BCUT2D eigenvalue weighted by Crippen LogP contribution is -2.61. The lowest BCUT2D eigenvalue weighted by atomic mass is 9.79. The first-order valence-corrected chi connectivity index (χ1v) is 9.14. The van der Waals surface area contributed by atoms with Gasteiger partial charge in [0.2, 0.25) is 0 Å². The fourth-order valence-electron chi connectivity index (χ4n) is 5.07. The molecule has 0 bridgehead atoms. The van der Waals surface area contributed by atoms with Gasteiger partial charge in [0, 0.05) is 28.2 Å². The standard InChI is InChI=1S/C19H38N4/c1-16(2)9-14(10-17(3,4)22-16)20-13-21-15-11-18(5,6)23-19(7,8)12-15/h13-15,22-23H,9-12H2,1-8H3,(H,20,21). The summed E-state index contributed by atoms with van der Waals surface area (Å²) in [6.45, 7) is 18.3. The molecule has 2 aliphatic rings. The first-order valence-electron chi connectivity index (χ1n) is 9.14. The van der Waals surface area contributed by atoms with Gasteiger partial charge in [0.25, 0.3) is 0 Å². The molecule has 4 nitrogen and oxygen atoms in total. The highest BCUT2D eigenvalue weighted by Crippen LogP contribution is 2.30. The van der Waals surface area contributed by atoms with Crippen molar-refractivity contribution in [2.75, 3.05) is 0 Å². The fourth-order valence-corrected chi connectivity index (χ4v) is 5.07. The van der Waals surface area contributed by atoms with Crippen LogP contribution in [0.4, 0.5) is 0 Å². The van der Waals surface area contributed by atoms with Crippen molar-refractivity contribution in [2.24, 2.45) is 4.99 Å². The number of nitrogens with zero attached hydrogens (tertiary/aromatic N) is 1. The summed E-state index contributed by atoms with van der Waals surface area (Å²) in [7, 11) is 0. The molecule has 2 fully saturated rings. The lowest BCUT2D eigenvalue weighted by molar-refractivity contribution is 0.155. The molecule has 0 radical (unpaired) electrons. The zero-order valence-corrected chi connectivity index (χ0v) is 16.5. The van der Waals surface area contributed by atoms with Gasteiger partial charge in [0.05, 0.1) is 12.4 Å². The molecular weight excluding hydrogens is 284 g/mol. The van der Waals surface area contributed by atoms with Gasteiger partial charge in [-0.25, -0.2) is 0 Å². The molecule has 0 aromatic heterocycles. The SMILES string of the molecule is CC1(C)CC(N=CNC2CC(C)(C)NC(C)(C)C2)CC(C)(C)N1. The maximum Gasteiger partial charge on any atom is 0.0829 e. The summed E-state index contributed by atoms with van der Waals surface area (Å²) in [5.74, 6) is 0. The summed E-state index contributed by atoms with van der Waals surface area (Å²) in [5, 5.41) is 11.0. The molecule has 134 valence electrons. The maximum absolute atomic E-state index is 4.87. The molecule has 0 saturated carbocycles. The Morgan fingerprint density at radius 1 is 0.739 bits per heavy atom. The van der Waals surface area contributed by atoms with Crippen molar-refractivity contribution in [3.63, 3.8) is 0 Å². The molecule has 23 heavy (non-hydrogen) atoms. The van der Waals surface area contributed by atoms with Crippen LogP contribution in [0.25, 0.3) is 0 Å². The van der Waals surface area contributed by atoms with Gasteiger partial charge < -0.3 is 16.0 Å². The number of aliphatic imine (C=N–C) groups is 1. The lowest BCUT2D eigenvalue weighted by Gasteiger charge is -2.46. The van der Waals surface area contributed by atoms with Crippen molar-refractivity contribution in [3.05, 3.63) is 0 Å². The Hall–Kier alpha value is -0.610. The molecule has 0 spiro atoms. The van der Waals surface area contributed by atoms with Gasteiger partial charge in [0.1, 0.15) is 0 Å². The minimum Gasteiger partial charge on any atom is -0.374 e. The van der Waals surface area contributed by atoms with Crippen LogP contribution in [0, 0.1) is 0 Å². The zero-order chi connectivity index (χ0) is 17.5. The van der Waals surface area contributed by atoms with Crippen LogP contribution in [0.1, 0.15) is 81.1 Å². The fraction of sp³-hybridized carbons (Fsp3) is 0.947. The van der Waals surface area contributed by atoms with E-state index in [0.29, 0.717) is 12.1 Å². The predicted octanol–water partition coefficient (Wildman–Crippen LogP) is 3.22. The van der Waals surface area contributed by atoms with E-state index < -0.39 is 0 Å². The third kappa shape index (κ3) is 5.75. The largest absolute Gasteiger partial charge is 0.374 e. The van der Waals surface area contributed by atoms with Crippen LogP contribution < -0.4 is 16.0 Å². The minimum atomic E-state index is 0.155. The average molecular weight is 323 g/mol. The van der Waals surface area contributed by atoms with E-state index in [1.54, 1.807) is 0 Å². The van der Waals surface area contributed by atoms with E-state index in [2.05, 4.69) is 71.3 Å². The highest BCUT2D eigenvalue weighted by Gasteiger charge is 2.38. The van der Waals surface area contributed by atoms with Crippen molar-refractivity contribution in [1.29, 1.82) is 0 Å². The van der Waals surface area contributed by atoms with E-state index in [1.807, 2.05) is 6.34 Å². The Morgan fingerprint density at radius 2 is 1.13 bits per heavy atom. The quantitative estimate of drug-likeness (QED) is 0.552. The van der Waals surface area contributed by atoms with Gasteiger partial charge in [-0.05, 0) is 81.1 Å². The third-order valence-corrected chi connectivity index (χ3v) is 4.95. The summed E-state index contributed by atoms with van der Waals surface area (Å²) in [4.78, 5) is 4.87. The van der Waals surface area contributed by atoms with E-state index >= 15 is 0 Å². The second-order valence-corrected chi connectivity index (χ2v) is 10.4. The number of hydrogen-bond donors (Lipinski definition) is 3. The van der Waals surface area contributed by atoms with Crippen molar-refractivity contribution in [3.8, 4) is 0 Å². The molecule has 0 aliphatic carbocycles. The van der Waals surface area contributed by atoms with Crippen LogP contribution in [0.3, 0.4) is 0 Å². The molecule has 2 heterocycles. The highest BCUT2D eigenvalue weighted by atomic mass is 15.1. The predicted molar refractivity (Wildman–Crippen MR) is 100 cm³/mol. The van der Waals surface area contributed by atoms with Crippen molar-refractivity contribution in [1.82, 2.24) is 16.0 Å². The van der Waals surface area contributed by atoms with Crippen LogP contribution >= 0.6 is 0 Å². The second kappa shape index (κ2) is 6.03. The topological polar surface area (TPSA) is 48.5 Å². The van der Waals surface area contributed by atoms with Gasteiger partial charge in [-0.2, -0.15) is 0 Å². The van der Waals surface area contributed by atoms with Crippen LogP contribution in [0.5, 0.6) is 0 Å². The zero-order valence-electron chi connectivity index (χ0n) is 16.5. The Morgan fingerprint density at radius 3 is 1.57 bits per heavy atom. The molecule has 2 saturated heterocycles. The van der Waals surface area contributed by atoms with Gasteiger partial charge in [-0.15, -0.1) is 0 Å². The molecule has 0 aromatic carbocycles. The smallest absolute Gasteiger partial charge is 0.0829 e. The summed E-state index contributed by atoms with van der Waals surface area (Å²) < 4.78 is 0. The van der Waals surface area contributed by atoms with Crippen molar-refractivity contribution in [2.45, 2.75) is 115 Å². The molecule has 0 aromatic rings. The number of piperidine rings is 2. The second-order valence-electron chi connectivity index (χ2n) is 10.4. The van der Waals surface area contributed by atoms with Gasteiger partial charge >= 0.3 is 0 Å². The Kier molecular flexibility index (Phi) is 4.91. The summed E-state index contributed by atoms with van der Waals surface area (Å²) >= 11 is 0. The minimum absolute atomic E-state index is 0.155. The number of rotatable bonds is 3. The summed E-state index contributed by atoms with van der Waals surface area (Å²) in [6.07, 6.45) is 6.44. The molecule has 2 aliphatic heterocycles.